The van der Waals surface area contributed by atoms with Crippen molar-refractivity contribution in [3.8, 4) is 33.5 Å². The van der Waals surface area contributed by atoms with E-state index in [4.69, 9.17) is 15.0 Å². The van der Waals surface area contributed by atoms with Crippen LogP contribution in [0.1, 0.15) is 36.1 Å². The van der Waals surface area contributed by atoms with Gasteiger partial charge in [0.2, 0.25) is 0 Å². The van der Waals surface area contributed by atoms with Gasteiger partial charge in [-0.05, 0) is 67.9 Å². The van der Waals surface area contributed by atoms with Gasteiger partial charge in [-0.2, -0.15) is 0 Å². The zero-order valence-corrected chi connectivity index (χ0v) is 31.2. The summed E-state index contributed by atoms with van der Waals surface area (Å²) >= 11 is 0. The summed E-state index contributed by atoms with van der Waals surface area (Å²) in [6.45, 7) is 2.30. The van der Waals surface area contributed by atoms with Crippen molar-refractivity contribution in [3.63, 3.8) is 0 Å². The lowest BCUT2D eigenvalue weighted by Crippen LogP contribution is -2.12. The molecule has 0 saturated carbocycles. The molecule has 0 N–H and O–H groups in total. The second-order valence-corrected chi connectivity index (χ2v) is 14.8. The van der Waals surface area contributed by atoms with E-state index in [1.54, 1.807) is 0 Å². The number of aromatic nitrogens is 1. The van der Waals surface area contributed by atoms with Crippen molar-refractivity contribution >= 4 is 44.0 Å². The van der Waals surface area contributed by atoms with Crippen molar-refractivity contribution in [2.75, 3.05) is 0 Å². The van der Waals surface area contributed by atoms with Crippen LogP contribution in [0, 0.1) is 5.92 Å². The second kappa shape index (κ2) is 14.4. The van der Waals surface area contributed by atoms with Gasteiger partial charge in [-0.15, -0.1) is 0 Å². The van der Waals surface area contributed by atoms with E-state index >= 15 is 0 Å². The molecule has 0 radical (unpaired) electrons. The van der Waals surface area contributed by atoms with Gasteiger partial charge in [0.25, 0.3) is 0 Å². The Labute approximate surface area is 327 Å². The third-order valence-electron chi connectivity index (χ3n) is 11.2. The van der Waals surface area contributed by atoms with Crippen LogP contribution < -0.4 is 0 Å². The number of amidine groups is 1. The van der Waals surface area contributed by atoms with Crippen LogP contribution in [0.2, 0.25) is 0 Å². The lowest BCUT2D eigenvalue weighted by molar-refractivity contribution is 0.493. The van der Waals surface area contributed by atoms with Crippen LogP contribution in [-0.4, -0.2) is 16.5 Å². The van der Waals surface area contributed by atoms with E-state index in [2.05, 4.69) is 195 Å². The standard InChI is InChI=1S/C53H39N3/c1-35-34-49(38-14-4-2-5-15-38)55-53(42-16-6-3-7-17-42)56-51(35)40-30-26-36(27-31-40)43-23-12-18-39-19-13-24-44(50(39)43)37-28-32-41(33-29-37)52-47-22-9-8-20-45(47)46-21-10-11-25-48(46)54-52/h2-33,35,51H,34H2,1H3. The molecule has 2 atom stereocenters. The predicted octanol–water partition coefficient (Wildman–Crippen LogP) is 13.6. The molecule has 0 bridgehead atoms. The van der Waals surface area contributed by atoms with Gasteiger partial charge in [0.15, 0.2) is 5.84 Å². The van der Waals surface area contributed by atoms with Crippen molar-refractivity contribution in [1.82, 2.24) is 4.98 Å². The minimum atomic E-state index is -0.0278. The Balaban J connectivity index is 1.01. The van der Waals surface area contributed by atoms with E-state index in [1.807, 2.05) is 6.07 Å². The monoisotopic (exact) mass is 717 g/mol. The maximum absolute atomic E-state index is 5.36. The number of benzene rings is 8. The van der Waals surface area contributed by atoms with Gasteiger partial charge in [-0.3, -0.25) is 4.99 Å². The van der Waals surface area contributed by atoms with Gasteiger partial charge < -0.3 is 0 Å². The molecule has 2 unspecified atom stereocenters. The highest BCUT2D eigenvalue weighted by Gasteiger charge is 2.26. The Morgan fingerprint density at radius 1 is 0.446 bits per heavy atom. The first kappa shape index (κ1) is 33.6. The molecule has 0 amide bonds. The molecule has 266 valence electrons. The molecular formula is C53H39N3. The summed E-state index contributed by atoms with van der Waals surface area (Å²) in [5.74, 6) is 1.05. The van der Waals surface area contributed by atoms with Crippen LogP contribution >= 0.6 is 0 Å². The summed E-state index contributed by atoms with van der Waals surface area (Å²) < 4.78 is 0. The first-order valence-electron chi connectivity index (χ1n) is 19.4. The Bertz CT molecular complexity index is 2920. The number of rotatable bonds is 6. The van der Waals surface area contributed by atoms with Crippen LogP contribution in [0.15, 0.2) is 204 Å². The molecule has 3 heteroatoms. The molecule has 56 heavy (non-hydrogen) atoms. The zero-order chi connectivity index (χ0) is 37.4. The van der Waals surface area contributed by atoms with Gasteiger partial charge in [0, 0.05) is 21.9 Å². The molecule has 1 aliphatic rings. The maximum atomic E-state index is 5.36. The maximum Gasteiger partial charge on any atom is 0.155 e. The molecule has 9 aromatic rings. The normalized spacial score (nSPS) is 15.7. The number of para-hydroxylation sites is 1. The van der Waals surface area contributed by atoms with Crippen LogP contribution in [-0.2, 0) is 0 Å². The molecule has 0 spiro atoms. The lowest BCUT2D eigenvalue weighted by Gasteiger charge is -2.20. The summed E-state index contributed by atoms with van der Waals surface area (Å²) in [4.78, 5) is 15.7. The van der Waals surface area contributed by atoms with Crippen LogP contribution in [0.4, 0.5) is 0 Å². The number of hydrogen-bond acceptors (Lipinski definition) is 3. The molecule has 0 saturated heterocycles. The Hall–Kier alpha value is -6.97. The highest BCUT2D eigenvalue weighted by molar-refractivity contribution is 6.13. The zero-order valence-electron chi connectivity index (χ0n) is 31.2. The number of nitrogens with zero attached hydrogens (tertiary/aromatic N) is 3. The van der Waals surface area contributed by atoms with Gasteiger partial charge in [-0.1, -0.05) is 195 Å². The van der Waals surface area contributed by atoms with Gasteiger partial charge >= 0.3 is 0 Å². The summed E-state index contributed by atoms with van der Waals surface area (Å²) in [5, 5.41) is 6.04. The molecule has 1 aliphatic heterocycles. The van der Waals surface area contributed by atoms with Crippen molar-refractivity contribution in [2.45, 2.75) is 19.4 Å². The van der Waals surface area contributed by atoms with Crippen LogP contribution in [0.5, 0.6) is 0 Å². The topological polar surface area (TPSA) is 37.6 Å². The average Bonchev–Trinajstić information content (AvgIpc) is 3.45. The molecule has 8 aromatic carbocycles. The Morgan fingerprint density at radius 3 is 1.68 bits per heavy atom. The summed E-state index contributed by atoms with van der Waals surface area (Å²) in [6, 6.07) is 69.2. The Morgan fingerprint density at radius 2 is 1.00 bits per heavy atom. The first-order valence-corrected chi connectivity index (χ1v) is 19.4. The van der Waals surface area contributed by atoms with E-state index in [-0.39, 0.29) is 12.0 Å². The second-order valence-electron chi connectivity index (χ2n) is 14.8. The van der Waals surface area contributed by atoms with Crippen molar-refractivity contribution in [1.29, 1.82) is 0 Å². The molecule has 2 heterocycles. The summed E-state index contributed by atoms with van der Waals surface area (Å²) in [6.07, 6.45) is 0.842. The van der Waals surface area contributed by atoms with Crippen molar-refractivity contribution < 1.29 is 0 Å². The minimum Gasteiger partial charge on any atom is -0.258 e. The number of pyridine rings is 1. The molecule has 10 rings (SSSR count). The average molecular weight is 718 g/mol. The van der Waals surface area contributed by atoms with Crippen LogP contribution in [0.3, 0.4) is 0 Å². The van der Waals surface area contributed by atoms with E-state index in [0.717, 1.165) is 45.9 Å². The highest BCUT2D eigenvalue weighted by atomic mass is 15.0. The van der Waals surface area contributed by atoms with Crippen molar-refractivity contribution in [3.05, 3.63) is 211 Å². The summed E-state index contributed by atoms with van der Waals surface area (Å²) in [5.41, 5.74) is 12.4. The minimum absolute atomic E-state index is 0.0278. The fourth-order valence-corrected chi connectivity index (χ4v) is 8.43. The molecule has 0 fully saturated rings. The summed E-state index contributed by atoms with van der Waals surface area (Å²) in [7, 11) is 0. The molecule has 1 aromatic heterocycles. The SMILES string of the molecule is CC1CC(c2ccccc2)=NC(c2ccccc2)=NC1c1ccc(-c2cccc3cccc(-c4ccc(-c5nc6ccccc6c6ccccc56)cc4)c23)cc1. The number of fused-ring (bicyclic) bond motifs is 4. The van der Waals surface area contributed by atoms with E-state index < -0.39 is 0 Å². The number of aliphatic imine (C=N–C) groups is 2. The predicted molar refractivity (Wildman–Crippen MR) is 236 cm³/mol. The van der Waals surface area contributed by atoms with Gasteiger partial charge in [0.05, 0.1) is 23.0 Å². The molecule has 0 aliphatic carbocycles. The lowest BCUT2D eigenvalue weighted by atomic mass is 9.87. The van der Waals surface area contributed by atoms with Crippen LogP contribution in [0.25, 0.3) is 66.0 Å². The van der Waals surface area contributed by atoms with Crippen molar-refractivity contribution in [2.24, 2.45) is 15.9 Å². The van der Waals surface area contributed by atoms with E-state index in [9.17, 15) is 0 Å². The number of hydrogen-bond donors (Lipinski definition) is 0. The van der Waals surface area contributed by atoms with Gasteiger partial charge in [-0.25, -0.2) is 9.98 Å². The Kier molecular flexibility index (Phi) is 8.61. The first-order chi connectivity index (χ1) is 27.7. The van der Waals surface area contributed by atoms with Gasteiger partial charge in [0.1, 0.15) is 0 Å². The quantitative estimate of drug-likeness (QED) is 0.158. The third-order valence-corrected chi connectivity index (χ3v) is 11.2. The largest absolute Gasteiger partial charge is 0.258 e. The third kappa shape index (κ3) is 6.18. The molecule has 3 nitrogen and oxygen atoms in total. The smallest absolute Gasteiger partial charge is 0.155 e. The molecular weight excluding hydrogens is 679 g/mol. The fraction of sp³-hybridized carbons (Fsp3) is 0.0755. The highest BCUT2D eigenvalue weighted by Crippen LogP contribution is 2.40. The van der Waals surface area contributed by atoms with E-state index in [1.165, 1.54) is 54.7 Å². The van der Waals surface area contributed by atoms with E-state index in [0.29, 0.717) is 0 Å². The fourth-order valence-electron chi connectivity index (χ4n) is 8.43.